The molecule has 5 heteroatoms. The van der Waals surface area contributed by atoms with E-state index in [9.17, 15) is 19.8 Å². The summed E-state index contributed by atoms with van der Waals surface area (Å²) in [6, 6.07) is 0. The molecular formula is C37H66O5. The molecule has 0 aliphatic carbocycles. The minimum absolute atomic E-state index is 0.0793. The molecule has 0 amide bonds. The second-order valence-electron chi connectivity index (χ2n) is 12.7. The first-order valence-corrected chi connectivity index (χ1v) is 17.9. The Morgan fingerprint density at radius 3 is 1.81 bits per heavy atom. The molecule has 0 aromatic rings. The lowest BCUT2D eigenvalue weighted by Crippen LogP contribution is -2.25. The lowest BCUT2D eigenvalue weighted by molar-refractivity contribution is -0.139. The molecule has 1 aliphatic heterocycles. The third-order valence-corrected chi connectivity index (χ3v) is 8.56. The number of ether oxygens (including phenoxy) is 1. The van der Waals surface area contributed by atoms with Crippen LogP contribution in [0.15, 0.2) is 23.8 Å². The standard InChI is InChI=1S/C37H66O5/c1-3-4-5-6-7-8-9-10-11-12-13-14-18-24-29-35(39)36(40)30-25-20-19-23-28-34(38)27-22-17-15-16-21-26-33-31-32(2)42-37(33)41/h14,18,31-32,35-36,39-40H,3-13,15-17,19-30H2,1-2H3/b18-14-/t32-,35+,36+/m0/s1. The number of rotatable bonds is 30. The van der Waals surface area contributed by atoms with E-state index >= 15 is 0 Å². The number of cyclic esters (lactones) is 1. The largest absolute Gasteiger partial charge is 0.455 e. The Kier molecular flexibility index (Phi) is 24.9. The smallest absolute Gasteiger partial charge is 0.334 e. The second-order valence-corrected chi connectivity index (χ2v) is 12.7. The summed E-state index contributed by atoms with van der Waals surface area (Å²) >= 11 is 0. The highest BCUT2D eigenvalue weighted by Gasteiger charge is 2.21. The molecule has 0 aromatic carbocycles. The molecule has 244 valence electrons. The fourth-order valence-corrected chi connectivity index (χ4v) is 5.77. The minimum Gasteiger partial charge on any atom is -0.455 e. The summed E-state index contributed by atoms with van der Waals surface area (Å²) < 4.78 is 5.12. The third-order valence-electron chi connectivity index (χ3n) is 8.56. The van der Waals surface area contributed by atoms with E-state index in [1.165, 1.54) is 64.2 Å². The van der Waals surface area contributed by atoms with Crippen LogP contribution in [0.4, 0.5) is 0 Å². The van der Waals surface area contributed by atoms with E-state index in [0.29, 0.717) is 31.5 Å². The Hall–Kier alpha value is -1.46. The lowest BCUT2D eigenvalue weighted by atomic mass is 10.00. The molecule has 1 rings (SSSR count). The monoisotopic (exact) mass is 590 g/mol. The quantitative estimate of drug-likeness (QED) is 0.0494. The van der Waals surface area contributed by atoms with Crippen LogP contribution < -0.4 is 0 Å². The van der Waals surface area contributed by atoms with Gasteiger partial charge in [0.2, 0.25) is 0 Å². The van der Waals surface area contributed by atoms with Crippen molar-refractivity contribution in [3.63, 3.8) is 0 Å². The highest BCUT2D eigenvalue weighted by Crippen LogP contribution is 2.20. The number of allylic oxidation sites excluding steroid dienone is 2. The normalized spacial score (nSPS) is 16.6. The minimum atomic E-state index is -0.645. The number of hydrogen-bond donors (Lipinski definition) is 2. The van der Waals surface area contributed by atoms with Gasteiger partial charge in [-0.3, -0.25) is 4.79 Å². The van der Waals surface area contributed by atoms with Gasteiger partial charge in [-0.2, -0.15) is 0 Å². The van der Waals surface area contributed by atoms with Gasteiger partial charge in [0, 0.05) is 18.4 Å². The Bertz CT molecular complexity index is 728. The van der Waals surface area contributed by atoms with Crippen molar-refractivity contribution in [2.75, 3.05) is 0 Å². The van der Waals surface area contributed by atoms with Crippen molar-refractivity contribution in [1.82, 2.24) is 0 Å². The summed E-state index contributed by atoms with van der Waals surface area (Å²) in [4.78, 5) is 23.7. The molecule has 0 saturated carbocycles. The number of aliphatic hydroxyl groups excluding tert-OH is 2. The van der Waals surface area contributed by atoms with Crippen LogP contribution in [-0.2, 0) is 14.3 Å². The summed E-state index contributed by atoms with van der Waals surface area (Å²) in [7, 11) is 0. The number of Topliss-reactive ketones (excluding diaryl/α,β-unsaturated/α-hetero) is 1. The molecule has 0 saturated heterocycles. The van der Waals surface area contributed by atoms with E-state index in [-0.39, 0.29) is 12.1 Å². The Labute approximate surface area is 259 Å². The van der Waals surface area contributed by atoms with Crippen molar-refractivity contribution >= 4 is 11.8 Å². The number of ketones is 1. The van der Waals surface area contributed by atoms with Crippen molar-refractivity contribution < 1.29 is 24.5 Å². The highest BCUT2D eigenvalue weighted by molar-refractivity contribution is 5.90. The lowest BCUT2D eigenvalue weighted by Gasteiger charge is -2.17. The van der Waals surface area contributed by atoms with Crippen LogP contribution in [0.5, 0.6) is 0 Å². The Balaban J connectivity index is 1.85. The number of unbranched alkanes of at least 4 members (excludes halogenated alkanes) is 17. The van der Waals surface area contributed by atoms with Gasteiger partial charge in [-0.05, 0) is 70.8 Å². The SMILES string of the molecule is CCCCCCCCCCCC/C=C\CC[C@@H](O)[C@H](O)CCCCCCC(=O)CCCCCCCC1=C[C@H](C)OC1=O. The van der Waals surface area contributed by atoms with Crippen molar-refractivity contribution in [3.05, 3.63) is 23.8 Å². The molecule has 42 heavy (non-hydrogen) atoms. The summed E-state index contributed by atoms with van der Waals surface area (Å²) in [6.45, 7) is 4.15. The zero-order valence-electron chi connectivity index (χ0n) is 27.5. The van der Waals surface area contributed by atoms with Gasteiger partial charge in [-0.15, -0.1) is 0 Å². The van der Waals surface area contributed by atoms with Gasteiger partial charge in [0.1, 0.15) is 11.9 Å². The molecule has 0 radical (unpaired) electrons. The second kappa shape index (κ2) is 27.1. The molecule has 0 spiro atoms. The van der Waals surface area contributed by atoms with E-state index < -0.39 is 12.2 Å². The molecule has 1 aliphatic rings. The Morgan fingerprint density at radius 1 is 0.714 bits per heavy atom. The van der Waals surface area contributed by atoms with Gasteiger partial charge >= 0.3 is 5.97 Å². The van der Waals surface area contributed by atoms with Crippen LogP contribution >= 0.6 is 0 Å². The highest BCUT2D eigenvalue weighted by atomic mass is 16.5. The number of aliphatic hydroxyl groups is 2. The predicted octanol–water partition coefficient (Wildman–Crippen LogP) is 9.87. The molecule has 2 N–H and O–H groups in total. The molecule has 0 aromatic heterocycles. The summed E-state index contributed by atoms with van der Waals surface area (Å²) in [6.07, 6.45) is 33.0. The van der Waals surface area contributed by atoms with Crippen molar-refractivity contribution in [2.24, 2.45) is 0 Å². The fourth-order valence-electron chi connectivity index (χ4n) is 5.77. The average molecular weight is 591 g/mol. The number of carbonyl (C=O) groups is 2. The van der Waals surface area contributed by atoms with E-state index in [2.05, 4.69) is 19.1 Å². The predicted molar refractivity (Wildman–Crippen MR) is 176 cm³/mol. The van der Waals surface area contributed by atoms with Crippen molar-refractivity contribution in [1.29, 1.82) is 0 Å². The maximum Gasteiger partial charge on any atom is 0.334 e. The molecule has 0 unspecified atom stereocenters. The first-order chi connectivity index (χ1) is 20.4. The molecule has 3 atom stereocenters. The summed E-state index contributed by atoms with van der Waals surface area (Å²) in [5, 5.41) is 20.5. The average Bonchev–Trinajstić information content (AvgIpc) is 3.30. The van der Waals surface area contributed by atoms with Crippen LogP contribution in [0.2, 0.25) is 0 Å². The van der Waals surface area contributed by atoms with Gasteiger partial charge in [0.15, 0.2) is 0 Å². The molecule has 5 nitrogen and oxygen atoms in total. The fraction of sp³-hybridized carbons (Fsp3) is 0.838. The maximum atomic E-state index is 12.1. The Morgan fingerprint density at radius 2 is 1.21 bits per heavy atom. The first-order valence-electron chi connectivity index (χ1n) is 17.9. The zero-order valence-corrected chi connectivity index (χ0v) is 27.5. The number of carbonyl (C=O) groups excluding carboxylic acids is 2. The van der Waals surface area contributed by atoms with Gasteiger partial charge in [-0.25, -0.2) is 4.79 Å². The van der Waals surface area contributed by atoms with E-state index in [1.807, 2.05) is 13.0 Å². The van der Waals surface area contributed by atoms with Crippen LogP contribution in [0.3, 0.4) is 0 Å². The van der Waals surface area contributed by atoms with Crippen molar-refractivity contribution in [3.8, 4) is 0 Å². The van der Waals surface area contributed by atoms with Gasteiger partial charge < -0.3 is 14.9 Å². The number of hydrogen-bond acceptors (Lipinski definition) is 5. The van der Waals surface area contributed by atoms with Crippen LogP contribution in [0, 0.1) is 0 Å². The summed E-state index contributed by atoms with van der Waals surface area (Å²) in [5.41, 5.74) is 0.820. The summed E-state index contributed by atoms with van der Waals surface area (Å²) in [5.74, 6) is 0.203. The zero-order chi connectivity index (χ0) is 30.7. The van der Waals surface area contributed by atoms with Gasteiger partial charge in [-0.1, -0.05) is 115 Å². The van der Waals surface area contributed by atoms with Crippen LogP contribution in [0.25, 0.3) is 0 Å². The molecule has 1 heterocycles. The van der Waals surface area contributed by atoms with Gasteiger partial charge in [0.25, 0.3) is 0 Å². The van der Waals surface area contributed by atoms with E-state index in [4.69, 9.17) is 4.74 Å². The van der Waals surface area contributed by atoms with Gasteiger partial charge in [0.05, 0.1) is 12.2 Å². The molecular weight excluding hydrogens is 524 g/mol. The van der Waals surface area contributed by atoms with E-state index in [1.54, 1.807) is 0 Å². The molecule has 0 fully saturated rings. The first kappa shape index (κ1) is 38.6. The van der Waals surface area contributed by atoms with Crippen LogP contribution in [0.1, 0.15) is 181 Å². The maximum absolute atomic E-state index is 12.1. The number of esters is 1. The van der Waals surface area contributed by atoms with Crippen molar-refractivity contribution in [2.45, 2.75) is 199 Å². The third kappa shape index (κ3) is 22.1. The molecule has 0 bridgehead atoms. The topological polar surface area (TPSA) is 83.8 Å². The van der Waals surface area contributed by atoms with E-state index in [0.717, 1.165) is 82.6 Å². The van der Waals surface area contributed by atoms with Crippen LogP contribution in [-0.4, -0.2) is 40.3 Å².